The summed E-state index contributed by atoms with van der Waals surface area (Å²) in [5.41, 5.74) is 5.97. The number of fused-ring (bicyclic) bond motifs is 2. The van der Waals surface area contributed by atoms with Crippen molar-refractivity contribution in [3.05, 3.63) is 77.0 Å². The number of nitrogens with zero attached hydrogens (tertiary/aromatic N) is 2. The molecule has 0 saturated carbocycles. The lowest BCUT2D eigenvalue weighted by Gasteiger charge is -2.33. The fourth-order valence-electron chi connectivity index (χ4n) is 5.37. The lowest BCUT2D eigenvalue weighted by Crippen LogP contribution is -2.41. The molecular weight excluding hydrogens is 424 g/mol. The van der Waals surface area contributed by atoms with Crippen molar-refractivity contribution >= 4 is 34.4 Å². The molecule has 0 bridgehead atoms. The first-order chi connectivity index (χ1) is 16.5. The summed E-state index contributed by atoms with van der Waals surface area (Å²) in [6, 6.07) is 18.3. The van der Waals surface area contributed by atoms with Crippen LogP contribution in [-0.4, -0.2) is 42.0 Å². The molecule has 0 N–H and O–H groups in total. The minimum Gasteiger partial charge on any atom is -0.469 e. The van der Waals surface area contributed by atoms with Crippen LogP contribution in [0.15, 0.2) is 54.6 Å². The number of likely N-dealkylation sites (tertiary alicyclic amines) is 1. The van der Waals surface area contributed by atoms with E-state index in [-0.39, 0.29) is 17.8 Å². The maximum atomic E-state index is 14.0. The summed E-state index contributed by atoms with van der Waals surface area (Å²) < 4.78 is 4.92. The number of hydrogen-bond acceptors (Lipinski definition) is 4. The number of amides is 1. The van der Waals surface area contributed by atoms with Crippen LogP contribution in [-0.2, 0) is 16.0 Å². The molecule has 0 spiro atoms. The molecule has 5 nitrogen and oxygen atoms in total. The Hall–Kier alpha value is -3.47. The van der Waals surface area contributed by atoms with Gasteiger partial charge in [0.2, 0.25) is 0 Å². The molecule has 3 aromatic rings. The summed E-state index contributed by atoms with van der Waals surface area (Å²) in [7, 11) is 1.43. The van der Waals surface area contributed by atoms with E-state index < -0.39 is 0 Å². The number of methoxy groups -OCH3 is 1. The standard InChI is InChI=1S/C29H30N2O3/c1-19-16-22(18-20-8-4-3-5-9-20)27-24(17-19)26(23-10-6-7-11-25(23)30-27)28(32)31-14-12-21(13-15-31)29(33)34-2/h3-11,18-19,21H,12-17H2,1-2H3/b22-18+. The van der Waals surface area contributed by atoms with Gasteiger partial charge in [-0.25, -0.2) is 4.98 Å². The second-order valence-corrected chi connectivity index (χ2v) is 9.51. The molecule has 1 aliphatic carbocycles. The van der Waals surface area contributed by atoms with Crippen LogP contribution in [0.4, 0.5) is 0 Å². The highest BCUT2D eigenvalue weighted by Gasteiger charge is 2.33. The molecule has 174 valence electrons. The van der Waals surface area contributed by atoms with E-state index in [4.69, 9.17) is 9.72 Å². The normalized spacial score (nSPS) is 19.8. The lowest BCUT2D eigenvalue weighted by atomic mass is 9.80. The number of ether oxygens (including phenoxy) is 1. The van der Waals surface area contributed by atoms with Crippen LogP contribution in [0.1, 0.15) is 53.4 Å². The molecule has 2 heterocycles. The average Bonchev–Trinajstić information content (AvgIpc) is 2.87. The maximum Gasteiger partial charge on any atom is 0.308 e. The van der Waals surface area contributed by atoms with Crippen LogP contribution in [0, 0.1) is 11.8 Å². The zero-order valence-corrected chi connectivity index (χ0v) is 19.8. The molecule has 0 radical (unpaired) electrons. The number of carbonyl (C=O) groups is 2. The number of benzene rings is 2. The first-order valence-electron chi connectivity index (χ1n) is 12.1. The molecule has 1 amide bonds. The number of carbonyl (C=O) groups excluding carboxylic acids is 2. The van der Waals surface area contributed by atoms with E-state index in [1.165, 1.54) is 12.7 Å². The topological polar surface area (TPSA) is 59.5 Å². The highest BCUT2D eigenvalue weighted by molar-refractivity contribution is 6.09. The largest absolute Gasteiger partial charge is 0.469 e. The SMILES string of the molecule is COC(=O)C1CCN(C(=O)c2c3c(nc4ccccc24)/C(=C/c2ccccc2)CC(C)C3)CC1. The van der Waals surface area contributed by atoms with Gasteiger partial charge in [0.05, 0.1) is 29.8 Å². The fraction of sp³-hybridized carbons (Fsp3) is 0.345. The van der Waals surface area contributed by atoms with E-state index in [1.807, 2.05) is 47.4 Å². The van der Waals surface area contributed by atoms with E-state index in [0.717, 1.165) is 46.1 Å². The van der Waals surface area contributed by atoms with Crippen LogP contribution in [0.3, 0.4) is 0 Å². The Balaban J connectivity index is 1.59. The van der Waals surface area contributed by atoms with E-state index in [1.54, 1.807) is 0 Å². The predicted octanol–water partition coefficient (Wildman–Crippen LogP) is 5.38. The van der Waals surface area contributed by atoms with Gasteiger partial charge in [0, 0.05) is 18.5 Å². The molecule has 1 unspecified atom stereocenters. The number of piperidine rings is 1. The molecule has 34 heavy (non-hydrogen) atoms. The Kier molecular flexibility index (Phi) is 6.18. The summed E-state index contributed by atoms with van der Waals surface area (Å²) in [6.45, 7) is 3.37. The maximum absolute atomic E-state index is 14.0. The first kappa shape index (κ1) is 22.3. The molecular formula is C29H30N2O3. The third kappa shape index (κ3) is 4.23. The van der Waals surface area contributed by atoms with Crippen molar-refractivity contribution < 1.29 is 14.3 Å². The summed E-state index contributed by atoms with van der Waals surface area (Å²) >= 11 is 0. The van der Waals surface area contributed by atoms with Gasteiger partial charge in [-0.05, 0) is 60.4 Å². The number of para-hydroxylation sites is 1. The molecule has 2 aromatic carbocycles. The van der Waals surface area contributed by atoms with Crippen LogP contribution < -0.4 is 0 Å². The van der Waals surface area contributed by atoms with E-state index in [9.17, 15) is 9.59 Å². The minimum atomic E-state index is -0.177. The molecule has 2 aliphatic rings. The zero-order chi connectivity index (χ0) is 23.7. The van der Waals surface area contributed by atoms with Crippen LogP contribution in [0.25, 0.3) is 22.6 Å². The fourth-order valence-corrected chi connectivity index (χ4v) is 5.37. The van der Waals surface area contributed by atoms with Crippen molar-refractivity contribution in [1.29, 1.82) is 0 Å². The molecule has 1 aromatic heterocycles. The number of rotatable bonds is 3. The van der Waals surface area contributed by atoms with Gasteiger partial charge in [0.1, 0.15) is 0 Å². The molecule has 1 aliphatic heterocycles. The van der Waals surface area contributed by atoms with E-state index in [2.05, 4.69) is 25.1 Å². The molecule has 1 saturated heterocycles. The van der Waals surface area contributed by atoms with Gasteiger partial charge >= 0.3 is 5.97 Å². The van der Waals surface area contributed by atoms with Crippen molar-refractivity contribution in [2.75, 3.05) is 20.2 Å². The third-order valence-corrected chi connectivity index (χ3v) is 7.09. The Labute approximate surface area is 200 Å². The smallest absolute Gasteiger partial charge is 0.308 e. The molecule has 1 atom stereocenters. The number of esters is 1. The van der Waals surface area contributed by atoms with Crippen molar-refractivity contribution in [3.8, 4) is 0 Å². The quantitative estimate of drug-likeness (QED) is 0.499. The Bertz CT molecular complexity index is 1260. The Morgan fingerprint density at radius 1 is 1.00 bits per heavy atom. The van der Waals surface area contributed by atoms with E-state index in [0.29, 0.717) is 31.8 Å². The van der Waals surface area contributed by atoms with Crippen LogP contribution in [0.2, 0.25) is 0 Å². The Morgan fingerprint density at radius 3 is 2.44 bits per heavy atom. The van der Waals surface area contributed by atoms with Crippen LogP contribution >= 0.6 is 0 Å². The zero-order valence-electron chi connectivity index (χ0n) is 19.8. The highest BCUT2D eigenvalue weighted by Crippen LogP contribution is 2.39. The van der Waals surface area contributed by atoms with E-state index >= 15 is 0 Å². The summed E-state index contributed by atoms with van der Waals surface area (Å²) in [4.78, 5) is 32.9. The summed E-state index contributed by atoms with van der Waals surface area (Å²) in [5, 5.41) is 0.912. The van der Waals surface area contributed by atoms with Crippen LogP contribution in [0.5, 0.6) is 0 Å². The van der Waals surface area contributed by atoms with Gasteiger partial charge in [-0.1, -0.05) is 55.5 Å². The van der Waals surface area contributed by atoms with Gasteiger partial charge in [0.25, 0.3) is 5.91 Å². The molecule has 1 fully saturated rings. The van der Waals surface area contributed by atoms with Crippen molar-refractivity contribution in [2.45, 2.75) is 32.6 Å². The van der Waals surface area contributed by atoms with Gasteiger partial charge in [0.15, 0.2) is 0 Å². The van der Waals surface area contributed by atoms with Crippen molar-refractivity contribution in [3.63, 3.8) is 0 Å². The second kappa shape index (κ2) is 9.41. The molecule has 5 rings (SSSR count). The highest BCUT2D eigenvalue weighted by atomic mass is 16.5. The van der Waals surface area contributed by atoms with Gasteiger partial charge in [-0.3, -0.25) is 9.59 Å². The van der Waals surface area contributed by atoms with Gasteiger partial charge < -0.3 is 9.64 Å². The predicted molar refractivity (Wildman–Crippen MR) is 134 cm³/mol. The summed E-state index contributed by atoms with van der Waals surface area (Å²) in [6.07, 6.45) is 5.26. The number of aromatic nitrogens is 1. The summed E-state index contributed by atoms with van der Waals surface area (Å²) in [5.74, 6) is 0.161. The molecule has 5 heteroatoms. The van der Waals surface area contributed by atoms with Gasteiger partial charge in [-0.15, -0.1) is 0 Å². The second-order valence-electron chi connectivity index (χ2n) is 9.51. The first-order valence-corrected chi connectivity index (χ1v) is 12.1. The third-order valence-electron chi connectivity index (χ3n) is 7.09. The number of pyridine rings is 1. The Morgan fingerprint density at radius 2 is 1.71 bits per heavy atom. The monoisotopic (exact) mass is 454 g/mol. The average molecular weight is 455 g/mol. The lowest BCUT2D eigenvalue weighted by molar-refractivity contribution is -0.146. The number of hydrogen-bond donors (Lipinski definition) is 0. The minimum absolute atomic E-state index is 0.0475. The van der Waals surface area contributed by atoms with Crippen molar-refractivity contribution in [2.24, 2.45) is 11.8 Å². The number of allylic oxidation sites excluding steroid dienone is 1. The van der Waals surface area contributed by atoms with Crippen molar-refractivity contribution in [1.82, 2.24) is 9.88 Å². The van der Waals surface area contributed by atoms with Gasteiger partial charge in [-0.2, -0.15) is 0 Å².